The third kappa shape index (κ3) is 7.32. The molecule has 0 radical (unpaired) electrons. The molecular weight excluding hydrogens is 625 g/mol. The Morgan fingerprint density at radius 1 is 1.14 bits per heavy atom. The Hall–Kier alpha value is -3.99. The third-order valence-electron chi connectivity index (χ3n) is 9.73. The lowest BCUT2D eigenvalue weighted by atomic mass is 9.91. The fourth-order valence-corrected chi connectivity index (χ4v) is 7.07. The van der Waals surface area contributed by atoms with Crippen LogP contribution in [0.3, 0.4) is 0 Å². The van der Waals surface area contributed by atoms with Crippen LogP contribution in [-0.4, -0.2) is 62.6 Å². The summed E-state index contributed by atoms with van der Waals surface area (Å²) in [5, 5.41) is 21.3. The number of anilines is 1. The molecule has 5 heterocycles. The van der Waals surface area contributed by atoms with Gasteiger partial charge in [-0.05, 0) is 109 Å². The van der Waals surface area contributed by atoms with E-state index in [1.807, 2.05) is 69.5 Å². The summed E-state index contributed by atoms with van der Waals surface area (Å²) < 4.78 is 35.7. The molecule has 262 valence electrons. The van der Waals surface area contributed by atoms with Gasteiger partial charge in [0, 0.05) is 48.1 Å². The second kappa shape index (κ2) is 13.7. The number of imidazole rings is 1. The molecule has 49 heavy (non-hydrogen) atoms. The standard InChI is InChI=1S/C39H48FN3O6/c1-24-10-7-8-19-47-39(6)15-17-42(18-16-39)36-33(34(37(45)46)49-38(3,4)5)25(2)30(23-44)35-41-31(22-43(35)36)27-12-9-11-26(20-27)29-21-28(40)13-14-32(29)48-24/h9,11-14,20-22,24,34,44H,7-8,10,15-19,23H2,1-6H3,(H,45,46). The number of ether oxygens (including phenoxy) is 3. The van der Waals surface area contributed by atoms with E-state index in [0.717, 1.165) is 43.2 Å². The number of benzene rings is 2. The zero-order valence-electron chi connectivity index (χ0n) is 29.4. The van der Waals surface area contributed by atoms with E-state index in [1.165, 1.54) is 12.1 Å². The van der Waals surface area contributed by atoms with Crippen molar-refractivity contribution in [2.24, 2.45) is 0 Å². The van der Waals surface area contributed by atoms with Crippen molar-refractivity contribution >= 4 is 17.4 Å². The van der Waals surface area contributed by atoms with Crippen LogP contribution >= 0.6 is 0 Å². The highest BCUT2D eigenvalue weighted by molar-refractivity contribution is 5.82. The van der Waals surface area contributed by atoms with E-state index in [9.17, 15) is 19.4 Å². The van der Waals surface area contributed by atoms with Crippen LogP contribution in [0, 0.1) is 12.7 Å². The Morgan fingerprint density at radius 2 is 1.88 bits per heavy atom. The molecule has 1 saturated heterocycles. The first kappa shape index (κ1) is 34.9. The van der Waals surface area contributed by atoms with Crippen LogP contribution < -0.4 is 9.64 Å². The minimum Gasteiger partial charge on any atom is -0.490 e. The van der Waals surface area contributed by atoms with Gasteiger partial charge in [-0.2, -0.15) is 0 Å². The van der Waals surface area contributed by atoms with Gasteiger partial charge in [-0.15, -0.1) is 0 Å². The third-order valence-corrected chi connectivity index (χ3v) is 9.73. The normalized spacial score (nSPS) is 21.0. The Bertz CT molecular complexity index is 1840. The molecule has 10 heteroatoms. The van der Waals surface area contributed by atoms with E-state index in [4.69, 9.17) is 19.2 Å². The van der Waals surface area contributed by atoms with Crippen LogP contribution in [0.15, 0.2) is 48.7 Å². The predicted molar refractivity (Wildman–Crippen MR) is 188 cm³/mol. The number of carboxylic acid groups (broad SMARTS) is 1. The highest BCUT2D eigenvalue weighted by Gasteiger charge is 2.38. The predicted octanol–water partition coefficient (Wildman–Crippen LogP) is 7.88. The maximum Gasteiger partial charge on any atom is 0.337 e. The molecule has 9 nitrogen and oxygen atoms in total. The molecule has 6 bridgehead atoms. The molecule has 3 aliphatic rings. The summed E-state index contributed by atoms with van der Waals surface area (Å²) in [6.45, 7) is 13.1. The molecule has 2 aromatic heterocycles. The number of hydrogen-bond donors (Lipinski definition) is 2. The van der Waals surface area contributed by atoms with Gasteiger partial charge < -0.3 is 29.3 Å². The second-order valence-corrected chi connectivity index (χ2v) is 14.7. The average molecular weight is 674 g/mol. The van der Waals surface area contributed by atoms with Gasteiger partial charge in [0.2, 0.25) is 0 Å². The molecule has 0 spiro atoms. The zero-order chi connectivity index (χ0) is 35.1. The summed E-state index contributed by atoms with van der Waals surface area (Å²) in [4.78, 5) is 20.2. The first-order valence-electron chi connectivity index (χ1n) is 17.3. The minimum atomic E-state index is -1.29. The van der Waals surface area contributed by atoms with Crippen molar-refractivity contribution in [1.82, 2.24) is 9.38 Å². The number of carboxylic acids is 1. The van der Waals surface area contributed by atoms with Crippen molar-refractivity contribution in [3.05, 3.63) is 71.2 Å². The second-order valence-electron chi connectivity index (χ2n) is 14.7. The molecule has 2 aromatic carbocycles. The summed E-state index contributed by atoms with van der Waals surface area (Å²) in [5.74, 6) is -0.178. The van der Waals surface area contributed by atoms with Gasteiger partial charge in [-0.1, -0.05) is 18.2 Å². The number of aliphatic hydroxyl groups is 1. The number of aromatic nitrogens is 2. The lowest BCUT2D eigenvalue weighted by Gasteiger charge is -2.42. The highest BCUT2D eigenvalue weighted by Crippen LogP contribution is 2.42. The number of pyridine rings is 1. The molecule has 0 saturated carbocycles. The zero-order valence-corrected chi connectivity index (χ0v) is 29.4. The molecule has 7 rings (SSSR count). The van der Waals surface area contributed by atoms with E-state index >= 15 is 0 Å². The van der Waals surface area contributed by atoms with Crippen molar-refractivity contribution in [2.45, 2.75) is 104 Å². The number of hydrogen-bond acceptors (Lipinski definition) is 7. The number of aliphatic carboxylic acids is 1. The van der Waals surface area contributed by atoms with E-state index in [0.29, 0.717) is 64.9 Å². The SMILES string of the molecule is Cc1c(C(OC(C)(C)C)C(=O)O)c2n3cc(nc3c1CO)-c1cccc(c1)-c1cc(F)ccc1OC(C)CCCCOC1(C)CCN2CC1. The number of fused-ring (bicyclic) bond motifs is 8. The van der Waals surface area contributed by atoms with E-state index in [2.05, 4.69) is 11.8 Å². The van der Waals surface area contributed by atoms with E-state index in [-0.39, 0.29) is 24.1 Å². The molecule has 0 aliphatic carbocycles. The number of aliphatic hydroxyl groups excluding tert-OH is 1. The van der Waals surface area contributed by atoms with Gasteiger partial charge in [0.05, 0.1) is 29.6 Å². The van der Waals surface area contributed by atoms with E-state index < -0.39 is 17.7 Å². The molecule has 2 unspecified atom stereocenters. The fraction of sp³-hybridized carbons (Fsp3) is 0.487. The molecule has 4 aromatic rings. The monoisotopic (exact) mass is 673 g/mol. The van der Waals surface area contributed by atoms with E-state index in [1.54, 1.807) is 6.07 Å². The summed E-state index contributed by atoms with van der Waals surface area (Å²) in [6, 6.07) is 12.3. The summed E-state index contributed by atoms with van der Waals surface area (Å²) in [5.41, 5.74) is 3.96. The largest absolute Gasteiger partial charge is 0.490 e. The maximum absolute atomic E-state index is 14.7. The van der Waals surface area contributed by atoms with Crippen molar-refractivity contribution in [3.8, 4) is 28.1 Å². The first-order chi connectivity index (χ1) is 23.3. The molecule has 2 N–H and O–H groups in total. The molecule has 0 amide bonds. The number of rotatable bonds is 4. The van der Waals surface area contributed by atoms with Crippen molar-refractivity contribution < 1.29 is 33.6 Å². The molecule has 1 fully saturated rings. The summed E-state index contributed by atoms with van der Waals surface area (Å²) in [7, 11) is 0. The highest BCUT2D eigenvalue weighted by atomic mass is 19.1. The van der Waals surface area contributed by atoms with Crippen LogP contribution in [0.4, 0.5) is 10.2 Å². The lowest BCUT2D eigenvalue weighted by molar-refractivity contribution is -0.160. The van der Waals surface area contributed by atoms with Crippen LogP contribution in [0.1, 0.15) is 89.5 Å². The Kier molecular flexibility index (Phi) is 9.77. The topological polar surface area (TPSA) is 106 Å². The van der Waals surface area contributed by atoms with Gasteiger partial charge in [-0.25, -0.2) is 14.2 Å². The van der Waals surface area contributed by atoms with Gasteiger partial charge in [0.25, 0.3) is 0 Å². The number of carbonyl (C=O) groups is 1. The summed E-state index contributed by atoms with van der Waals surface area (Å²) in [6.07, 6.45) is 4.70. The van der Waals surface area contributed by atoms with Crippen molar-refractivity contribution in [3.63, 3.8) is 0 Å². The Labute approximate surface area is 287 Å². The van der Waals surface area contributed by atoms with Crippen LogP contribution in [0.5, 0.6) is 5.75 Å². The lowest BCUT2D eigenvalue weighted by Crippen LogP contribution is -2.45. The molecule has 3 aliphatic heterocycles. The van der Waals surface area contributed by atoms with Crippen molar-refractivity contribution in [1.29, 1.82) is 0 Å². The van der Waals surface area contributed by atoms with Crippen LogP contribution in [-0.2, 0) is 20.9 Å². The van der Waals surface area contributed by atoms with Gasteiger partial charge in [-0.3, -0.25) is 4.40 Å². The average Bonchev–Trinajstić information content (AvgIpc) is 3.48. The minimum absolute atomic E-state index is 0.0695. The van der Waals surface area contributed by atoms with Gasteiger partial charge in [0.1, 0.15) is 23.0 Å². The number of nitrogens with zero attached hydrogens (tertiary/aromatic N) is 3. The quantitative estimate of drug-likeness (QED) is 0.226. The van der Waals surface area contributed by atoms with Gasteiger partial charge in [0.15, 0.2) is 6.10 Å². The Balaban J connectivity index is 1.58. The fourth-order valence-electron chi connectivity index (χ4n) is 7.07. The molecular formula is C39H48FN3O6. The van der Waals surface area contributed by atoms with Gasteiger partial charge >= 0.3 is 5.97 Å². The number of piperidine rings is 1. The van der Waals surface area contributed by atoms with Crippen LogP contribution in [0.2, 0.25) is 0 Å². The Morgan fingerprint density at radius 3 is 2.57 bits per heavy atom. The van der Waals surface area contributed by atoms with Crippen molar-refractivity contribution in [2.75, 3.05) is 24.6 Å². The summed E-state index contributed by atoms with van der Waals surface area (Å²) >= 11 is 0. The number of halogens is 1. The van der Waals surface area contributed by atoms with Crippen LogP contribution in [0.25, 0.3) is 28.0 Å². The smallest absolute Gasteiger partial charge is 0.337 e. The first-order valence-corrected chi connectivity index (χ1v) is 17.3. The molecule has 2 atom stereocenters. The maximum atomic E-state index is 14.7.